The zero-order valence-corrected chi connectivity index (χ0v) is 8.30. The number of hydrogen-bond acceptors (Lipinski definition) is 5. The van der Waals surface area contributed by atoms with E-state index in [0.29, 0.717) is 17.5 Å². The van der Waals surface area contributed by atoms with Gasteiger partial charge in [0.15, 0.2) is 5.82 Å². The van der Waals surface area contributed by atoms with Crippen molar-refractivity contribution in [3.63, 3.8) is 0 Å². The molecule has 0 amide bonds. The predicted octanol–water partition coefficient (Wildman–Crippen LogP) is 1.22. The van der Waals surface area contributed by atoms with Crippen LogP contribution >= 0.6 is 0 Å². The van der Waals surface area contributed by atoms with Gasteiger partial charge in [-0.3, -0.25) is 0 Å². The summed E-state index contributed by atoms with van der Waals surface area (Å²) in [7, 11) is 0. The summed E-state index contributed by atoms with van der Waals surface area (Å²) in [5.41, 5.74) is 0. The van der Waals surface area contributed by atoms with Gasteiger partial charge < -0.3 is 4.52 Å². The first kappa shape index (κ1) is 8.86. The van der Waals surface area contributed by atoms with Crippen LogP contribution in [0.3, 0.4) is 0 Å². The fraction of sp³-hybridized carbons (Fsp3) is 0.500. The van der Waals surface area contributed by atoms with Gasteiger partial charge in [-0.25, -0.2) is 9.67 Å². The van der Waals surface area contributed by atoms with Crippen molar-refractivity contribution in [2.45, 2.75) is 26.8 Å². The molecule has 0 aliphatic heterocycles. The molecule has 2 rings (SSSR count). The maximum Gasteiger partial charge on any atom is 0.297 e. The minimum Gasteiger partial charge on any atom is -0.330 e. The van der Waals surface area contributed by atoms with Crippen molar-refractivity contribution in [3.05, 3.63) is 12.2 Å². The molecule has 0 fully saturated rings. The quantitative estimate of drug-likeness (QED) is 0.717. The van der Waals surface area contributed by atoms with E-state index < -0.39 is 0 Å². The zero-order valence-electron chi connectivity index (χ0n) is 8.30. The number of aromatic nitrogens is 5. The lowest BCUT2D eigenvalue weighted by Crippen LogP contribution is -2.00. The zero-order chi connectivity index (χ0) is 10.1. The molecule has 6 heteroatoms. The molecule has 2 heterocycles. The Kier molecular flexibility index (Phi) is 2.03. The lowest BCUT2D eigenvalue weighted by molar-refractivity contribution is 0.422. The Morgan fingerprint density at radius 2 is 2.21 bits per heavy atom. The Labute approximate surface area is 81.0 Å². The number of rotatable bonds is 2. The summed E-state index contributed by atoms with van der Waals surface area (Å²) in [6.07, 6.45) is 1.65. The topological polar surface area (TPSA) is 69.6 Å². The highest BCUT2D eigenvalue weighted by Gasteiger charge is 2.12. The van der Waals surface area contributed by atoms with Crippen molar-refractivity contribution in [1.29, 1.82) is 0 Å². The molecule has 0 unspecified atom stereocenters. The first-order chi connectivity index (χ1) is 6.66. The van der Waals surface area contributed by atoms with E-state index in [0.717, 1.165) is 0 Å². The molecular weight excluding hydrogens is 182 g/mol. The molecule has 0 radical (unpaired) electrons. The van der Waals surface area contributed by atoms with Crippen LogP contribution in [0.1, 0.15) is 25.7 Å². The standard InChI is InChI=1S/C8H11N5O/c1-5(2)13-4-9-7(11-13)8-10-6(3)12-14-8/h4-5H,1-3H3. The Balaban J connectivity index is 2.33. The average Bonchev–Trinajstić information content (AvgIpc) is 2.70. The molecule has 0 aromatic carbocycles. The Hall–Kier alpha value is -1.72. The third-order valence-corrected chi connectivity index (χ3v) is 1.76. The van der Waals surface area contributed by atoms with E-state index in [1.807, 2.05) is 13.8 Å². The average molecular weight is 193 g/mol. The summed E-state index contributed by atoms with van der Waals surface area (Å²) < 4.78 is 6.69. The molecule has 0 saturated carbocycles. The predicted molar refractivity (Wildman–Crippen MR) is 48.4 cm³/mol. The summed E-state index contributed by atoms with van der Waals surface area (Å²) >= 11 is 0. The molecular formula is C8H11N5O. The van der Waals surface area contributed by atoms with Crippen LogP contribution in [0.5, 0.6) is 0 Å². The molecule has 0 atom stereocenters. The normalized spacial score (nSPS) is 11.1. The number of aryl methyl sites for hydroxylation is 1. The van der Waals surface area contributed by atoms with Crippen molar-refractivity contribution >= 4 is 0 Å². The molecule has 0 aliphatic rings. The van der Waals surface area contributed by atoms with Crippen molar-refractivity contribution in [2.24, 2.45) is 0 Å². The fourth-order valence-corrected chi connectivity index (χ4v) is 1.01. The van der Waals surface area contributed by atoms with Crippen LogP contribution in [0.15, 0.2) is 10.9 Å². The van der Waals surface area contributed by atoms with Gasteiger partial charge in [-0.2, -0.15) is 4.98 Å². The highest BCUT2D eigenvalue weighted by atomic mass is 16.5. The largest absolute Gasteiger partial charge is 0.330 e. The second kappa shape index (κ2) is 3.21. The Bertz CT molecular complexity index is 430. The molecule has 14 heavy (non-hydrogen) atoms. The van der Waals surface area contributed by atoms with Crippen LogP contribution in [0.2, 0.25) is 0 Å². The van der Waals surface area contributed by atoms with Crippen LogP contribution in [0.25, 0.3) is 11.7 Å². The van der Waals surface area contributed by atoms with E-state index in [2.05, 4.69) is 20.2 Å². The summed E-state index contributed by atoms with van der Waals surface area (Å²) in [5.74, 6) is 1.42. The molecule has 0 bridgehead atoms. The fourth-order valence-electron chi connectivity index (χ4n) is 1.01. The Morgan fingerprint density at radius 1 is 1.43 bits per heavy atom. The summed E-state index contributed by atoms with van der Waals surface area (Å²) in [4.78, 5) is 8.11. The molecule has 0 saturated heterocycles. The lowest BCUT2D eigenvalue weighted by atomic mass is 10.4. The van der Waals surface area contributed by atoms with Crippen molar-refractivity contribution < 1.29 is 4.52 Å². The van der Waals surface area contributed by atoms with Crippen molar-refractivity contribution in [1.82, 2.24) is 24.9 Å². The van der Waals surface area contributed by atoms with Gasteiger partial charge in [0.2, 0.25) is 5.82 Å². The second-order valence-electron chi connectivity index (χ2n) is 3.29. The third kappa shape index (κ3) is 1.50. The number of nitrogens with zero attached hydrogens (tertiary/aromatic N) is 5. The first-order valence-corrected chi connectivity index (χ1v) is 4.38. The molecule has 74 valence electrons. The highest BCUT2D eigenvalue weighted by Crippen LogP contribution is 2.12. The highest BCUT2D eigenvalue weighted by molar-refractivity contribution is 5.37. The van der Waals surface area contributed by atoms with Crippen LogP contribution in [-0.2, 0) is 0 Å². The van der Waals surface area contributed by atoms with Crippen LogP contribution in [-0.4, -0.2) is 24.9 Å². The van der Waals surface area contributed by atoms with Gasteiger partial charge in [0.1, 0.15) is 6.33 Å². The summed E-state index contributed by atoms with van der Waals surface area (Å²) in [6.45, 7) is 5.81. The maximum absolute atomic E-state index is 4.94. The van der Waals surface area contributed by atoms with Gasteiger partial charge >= 0.3 is 0 Å². The van der Waals surface area contributed by atoms with Crippen LogP contribution in [0, 0.1) is 6.92 Å². The van der Waals surface area contributed by atoms with E-state index in [1.165, 1.54) is 0 Å². The van der Waals surface area contributed by atoms with Gasteiger partial charge in [-0.1, -0.05) is 5.16 Å². The van der Waals surface area contributed by atoms with E-state index in [9.17, 15) is 0 Å². The molecule has 2 aromatic heterocycles. The van der Waals surface area contributed by atoms with Gasteiger partial charge in [0, 0.05) is 6.04 Å². The maximum atomic E-state index is 4.94. The van der Waals surface area contributed by atoms with E-state index in [-0.39, 0.29) is 6.04 Å². The SMILES string of the molecule is Cc1noc(-c2ncn(C(C)C)n2)n1. The van der Waals surface area contributed by atoms with Gasteiger partial charge in [-0.15, -0.1) is 5.10 Å². The molecule has 0 aliphatic carbocycles. The monoisotopic (exact) mass is 193 g/mol. The number of hydrogen-bond donors (Lipinski definition) is 0. The third-order valence-electron chi connectivity index (χ3n) is 1.76. The first-order valence-electron chi connectivity index (χ1n) is 4.38. The van der Waals surface area contributed by atoms with Crippen LogP contribution in [0.4, 0.5) is 0 Å². The van der Waals surface area contributed by atoms with Crippen molar-refractivity contribution in [2.75, 3.05) is 0 Å². The molecule has 6 nitrogen and oxygen atoms in total. The molecule has 2 aromatic rings. The molecule has 0 N–H and O–H groups in total. The summed E-state index contributed by atoms with van der Waals surface area (Å²) in [6, 6.07) is 0.278. The van der Waals surface area contributed by atoms with Crippen LogP contribution < -0.4 is 0 Å². The Morgan fingerprint density at radius 3 is 2.71 bits per heavy atom. The lowest BCUT2D eigenvalue weighted by Gasteiger charge is -2.00. The van der Waals surface area contributed by atoms with Gasteiger partial charge in [0.25, 0.3) is 5.89 Å². The minimum atomic E-state index is 0.278. The minimum absolute atomic E-state index is 0.278. The van der Waals surface area contributed by atoms with Crippen molar-refractivity contribution in [3.8, 4) is 11.7 Å². The molecule has 0 spiro atoms. The van der Waals surface area contributed by atoms with E-state index in [1.54, 1.807) is 17.9 Å². The second-order valence-corrected chi connectivity index (χ2v) is 3.29. The van der Waals surface area contributed by atoms with Gasteiger partial charge in [0.05, 0.1) is 0 Å². The van der Waals surface area contributed by atoms with Gasteiger partial charge in [-0.05, 0) is 20.8 Å². The summed E-state index contributed by atoms with van der Waals surface area (Å²) in [5, 5.41) is 7.87. The van der Waals surface area contributed by atoms with E-state index in [4.69, 9.17) is 4.52 Å². The van der Waals surface area contributed by atoms with E-state index >= 15 is 0 Å². The smallest absolute Gasteiger partial charge is 0.297 e.